The summed E-state index contributed by atoms with van der Waals surface area (Å²) in [6.45, 7) is 0.249. The van der Waals surface area contributed by atoms with Crippen LogP contribution in [0.4, 0.5) is 4.39 Å². The van der Waals surface area contributed by atoms with Gasteiger partial charge in [-0.1, -0.05) is 18.6 Å². The van der Waals surface area contributed by atoms with Gasteiger partial charge in [0, 0.05) is 19.1 Å². The van der Waals surface area contributed by atoms with Crippen LogP contribution in [-0.4, -0.2) is 46.5 Å². The molecule has 1 aliphatic rings. The Morgan fingerprint density at radius 1 is 1.23 bits per heavy atom. The molecule has 0 amide bonds. The van der Waals surface area contributed by atoms with E-state index in [0.29, 0.717) is 12.8 Å². The van der Waals surface area contributed by atoms with Crippen LogP contribution < -0.4 is 4.72 Å². The lowest BCUT2D eigenvalue weighted by Gasteiger charge is -2.34. The van der Waals surface area contributed by atoms with E-state index in [-0.39, 0.29) is 18.0 Å². The van der Waals surface area contributed by atoms with Crippen molar-refractivity contribution in [3.63, 3.8) is 0 Å². The van der Waals surface area contributed by atoms with Gasteiger partial charge in [0.1, 0.15) is 10.7 Å². The van der Waals surface area contributed by atoms with E-state index in [4.69, 9.17) is 0 Å². The Labute approximate surface area is 130 Å². The molecule has 22 heavy (non-hydrogen) atoms. The van der Waals surface area contributed by atoms with Gasteiger partial charge in [0.25, 0.3) is 0 Å². The Morgan fingerprint density at radius 3 is 2.55 bits per heavy atom. The molecule has 1 fully saturated rings. The van der Waals surface area contributed by atoms with E-state index in [0.717, 1.165) is 18.7 Å². The SMILES string of the molecule is CS(=O)(=O)NC[C@H]1CCCCN1S(=O)(=O)c1ccccc1F. The maximum absolute atomic E-state index is 13.8. The largest absolute Gasteiger partial charge is 0.246 e. The fraction of sp³-hybridized carbons (Fsp3) is 0.538. The van der Waals surface area contributed by atoms with Crippen LogP contribution in [0, 0.1) is 5.82 Å². The predicted molar refractivity (Wildman–Crippen MR) is 80.8 cm³/mol. The van der Waals surface area contributed by atoms with E-state index >= 15 is 0 Å². The number of hydrogen-bond donors (Lipinski definition) is 1. The summed E-state index contributed by atoms with van der Waals surface area (Å²) in [7, 11) is -7.40. The lowest BCUT2D eigenvalue weighted by atomic mass is 10.1. The highest BCUT2D eigenvalue weighted by molar-refractivity contribution is 7.89. The Hall–Kier alpha value is -1.03. The first-order valence-corrected chi connectivity index (χ1v) is 10.3. The van der Waals surface area contributed by atoms with Crippen molar-refractivity contribution in [2.24, 2.45) is 0 Å². The van der Waals surface area contributed by atoms with E-state index in [1.165, 1.54) is 22.5 Å². The summed E-state index contributed by atoms with van der Waals surface area (Å²) in [5.74, 6) is -0.803. The van der Waals surface area contributed by atoms with Crippen LogP contribution in [0.1, 0.15) is 19.3 Å². The van der Waals surface area contributed by atoms with Crippen molar-refractivity contribution >= 4 is 20.0 Å². The second kappa shape index (κ2) is 6.61. The third-order valence-corrected chi connectivity index (χ3v) is 6.25. The molecule has 1 aromatic rings. The van der Waals surface area contributed by atoms with Crippen molar-refractivity contribution in [1.29, 1.82) is 0 Å². The molecular weight excluding hydrogens is 331 g/mol. The molecule has 0 unspecified atom stereocenters. The Morgan fingerprint density at radius 2 is 1.91 bits per heavy atom. The van der Waals surface area contributed by atoms with E-state index < -0.39 is 31.9 Å². The van der Waals surface area contributed by atoms with E-state index in [9.17, 15) is 21.2 Å². The first kappa shape index (κ1) is 17.3. The van der Waals surface area contributed by atoms with Gasteiger partial charge in [-0.05, 0) is 25.0 Å². The highest BCUT2D eigenvalue weighted by atomic mass is 32.2. The molecule has 9 heteroatoms. The average molecular weight is 350 g/mol. The summed E-state index contributed by atoms with van der Waals surface area (Å²) < 4.78 is 65.1. The topological polar surface area (TPSA) is 83.6 Å². The van der Waals surface area contributed by atoms with Crippen molar-refractivity contribution in [2.75, 3.05) is 19.3 Å². The number of halogens is 1. The zero-order valence-corrected chi connectivity index (χ0v) is 13.8. The third kappa shape index (κ3) is 4.03. The molecule has 1 saturated heterocycles. The van der Waals surface area contributed by atoms with Gasteiger partial charge in [0.15, 0.2) is 0 Å². The zero-order valence-electron chi connectivity index (χ0n) is 12.2. The van der Waals surface area contributed by atoms with Crippen molar-refractivity contribution in [3.05, 3.63) is 30.1 Å². The van der Waals surface area contributed by atoms with Crippen molar-refractivity contribution in [2.45, 2.75) is 30.2 Å². The van der Waals surface area contributed by atoms with E-state index in [1.807, 2.05) is 0 Å². The van der Waals surface area contributed by atoms with E-state index in [1.54, 1.807) is 0 Å². The fourth-order valence-electron chi connectivity index (χ4n) is 2.52. The molecule has 1 heterocycles. The molecule has 6 nitrogen and oxygen atoms in total. The average Bonchev–Trinajstić information content (AvgIpc) is 2.45. The number of benzene rings is 1. The molecular formula is C13H19FN2O4S2. The highest BCUT2D eigenvalue weighted by Gasteiger charge is 2.35. The molecule has 2 rings (SSSR count). The van der Waals surface area contributed by atoms with Gasteiger partial charge in [-0.25, -0.2) is 25.9 Å². The van der Waals surface area contributed by atoms with Gasteiger partial charge in [0.2, 0.25) is 20.0 Å². The van der Waals surface area contributed by atoms with Crippen LogP contribution in [0.15, 0.2) is 29.2 Å². The minimum atomic E-state index is -3.99. The van der Waals surface area contributed by atoms with Crippen LogP contribution in [-0.2, 0) is 20.0 Å². The Kier molecular flexibility index (Phi) is 5.21. The molecule has 0 aliphatic carbocycles. The molecule has 0 aromatic heterocycles. The van der Waals surface area contributed by atoms with Crippen LogP contribution in [0.2, 0.25) is 0 Å². The summed E-state index contributed by atoms with van der Waals surface area (Å²) in [5.41, 5.74) is 0. The molecule has 0 radical (unpaired) electrons. The number of nitrogens with one attached hydrogen (secondary N) is 1. The Bertz CT molecular complexity index is 734. The van der Waals surface area contributed by atoms with Crippen LogP contribution >= 0.6 is 0 Å². The summed E-state index contributed by atoms with van der Waals surface area (Å²) in [6, 6.07) is 4.70. The van der Waals surface area contributed by atoms with Gasteiger partial charge < -0.3 is 0 Å². The van der Waals surface area contributed by atoms with Gasteiger partial charge in [-0.3, -0.25) is 0 Å². The maximum Gasteiger partial charge on any atom is 0.246 e. The standard InChI is InChI=1S/C13H19FN2O4S2/c1-21(17,18)15-10-11-6-4-5-9-16(11)22(19,20)13-8-3-2-7-12(13)14/h2-3,7-8,11,15H,4-6,9-10H2,1H3/t11-/m1/s1. The predicted octanol–water partition coefficient (Wildman–Crippen LogP) is 0.918. The Balaban J connectivity index is 2.28. The molecule has 0 saturated carbocycles. The number of rotatable bonds is 5. The lowest BCUT2D eigenvalue weighted by Crippen LogP contribution is -2.49. The van der Waals surface area contributed by atoms with Crippen molar-refractivity contribution < 1.29 is 21.2 Å². The molecule has 1 atom stereocenters. The van der Waals surface area contributed by atoms with Crippen LogP contribution in [0.25, 0.3) is 0 Å². The second-order valence-corrected chi connectivity index (χ2v) is 9.01. The number of hydrogen-bond acceptors (Lipinski definition) is 4. The molecule has 0 spiro atoms. The van der Waals surface area contributed by atoms with Crippen molar-refractivity contribution in [3.8, 4) is 0 Å². The fourth-order valence-corrected chi connectivity index (χ4v) is 4.78. The first-order chi connectivity index (χ1) is 10.2. The minimum absolute atomic E-state index is 0.00742. The summed E-state index contributed by atoms with van der Waals surface area (Å²) in [6.07, 6.45) is 3.03. The second-order valence-electron chi connectivity index (χ2n) is 5.32. The quantitative estimate of drug-likeness (QED) is 0.856. The number of sulfonamides is 2. The zero-order chi connectivity index (χ0) is 16.4. The summed E-state index contributed by atoms with van der Waals surface area (Å²) >= 11 is 0. The van der Waals surface area contributed by atoms with Gasteiger partial charge >= 0.3 is 0 Å². The van der Waals surface area contributed by atoms with Gasteiger partial charge in [-0.2, -0.15) is 4.31 Å². The van der Waals surface area contributed by atoms with Gasteiger partial charge in [-0.15, -0.1) is 0 Å². The summed E-state index contributed by atoms with van der Waals surface area (Å²) in [4.78, 5) is -0.374. The van der Waals surface area contributed by atoms with Crippen LogP contribution in [0.5, 0.6) is 0 Å². The smallest absolute Gasteiger partial charge is 0.214 e. The van der Waals surface area contributed by atoms with E-state index in [2.05, 4.69) is 4.72 Å². The lowest BCUT2D eigenvalue weighted by molar-refractivity contribution is 0.252. The molecule has 1 N–H and O–H groups in total. The van der Waals surface area contributed by atoms with Crippen LogP contribution in [0.3, 0.4) is 0 Å². The molecule has 1 aliphatic heterocycles. The minimum Gasteiger partial charge on any atom is -0.214 e. The molecule has 0 bridgehead atoms. The van der Waals surface area contributed by atoms with Crippen molar-refractivity contribution in [1.82, 2.24) is 9.03 Å². The molecule has 124 valence electrons. The monoisotopic (exact) mass is 350 g/mol. The molecule has 1 aromatic carbocycles. The van der Waals surface area contributed by atoms with Gasteiger partial charge in [0.05, 0.1) is 6.26 Å². The number of piperidine rings is 1. The third-order valence-electron chi connectivity index (χ3n) is 3.58. The maximum atomic E-state index is 13.8. The normalized spacial score (nSPS) is 20.9. The summed E-state index contributed by atoms with van der Waals surface area (Å²) in [5, 5.41) is 0. The number of nitrogens with zero attached hydrogens (tertiary/aromatic N) is 1. The first-order valence-electron chi connectivity index (χ1n) is 6.93. The highest BCUT2D eigenvalue weighted by Crippen LogP contribution is 2.26.